The van der Waals surface area contributed by atoms with Gasteiger partial charge in [-0.3, -0.25) is 4.68 Å². The number of hydrogen-bond donors (Lipinski definition) is 1. The summed E-state index contributed by atoms with van der Waals surface area (Å²) in [6, 6.07) is 9.17. The lowest BCUT2D eigenvalue weighted by atomic mass is 10.1. The second kappa shape index (κ2) is 5.54. The van der Waals surface area contributed by atoms with Crippen LogP contribution in [0.15, 0.2) is 47.6 Å². The number of aryl methyl sites for hydroxylation is 1. The third kappa shape index (κ3) is 3.21. The molecule has 2 rings (SSSR count). The molecule has 0 radical (unpaired) electrons. The lowest BCUT2D eigenvalue weighted by Gasteiger charge is -2.13. The zero-order valence-electron chi connectivity index (χ0n) is 10.9. The number of rotatable bonds is 5. The Morgan fingerprint density at radius 3 is 2.58 bits per heavy atom. The first-order chi connectivity index (χ1) is 9.03. The number of nitrogens with zero attached hydrogens (tertiary/aromatic N) is 2. The maximum absolute atomic E-state index is 12.2. The average molecular weight is 279 g/mol. The first-order valence-electron chi connectivity index (χ1n) is 6.12. The number of aromatic nitrogens is 2. The van der Waals surface area contributed by atoms with Gasteiger partial charge in [-0.2, -0.15) is 5.10 Å². The molecule has 1 heterocycles. The highest BCUT2D eigenvalue weighted by atomic mass is 32.2. The van der Waals surface area contributed by atoms with E-state index in [9.17, 15) is 8.42 Å². The molecule has 102 valence electrons. The SMILES string of the molecule is CCn1cc(S(=O)(=O)NC(C)c2ccccc2)cn1. The van der Waals surface area contributed by atoms with Crippen molar-refractivity contribution in [3.63, 3.8) is 0 Å². The number of benzene rings is 1. The van der Waals surface area contributed by atoms with Gasteiger partial charge < -0.3 is 0 Å². The standard InChI is InChI=1S/C13H17N3O2S/c1-3-16-10-13(9-14-16)19(17,18)15-11(2)12-7-5-4-6-8-12/h4-11,15H,3H2,1-2H3. The molecule has 0 aliphatic carbocycles. The van der Waals surface area contributed by atoms with Crippen LogP contribution in [-0.4, -0.2) is 18.2 Å². The van der Waals surface area contributed by atoms with E-state index in [1.807, 2.05) is 44.2 Å². The van der Waals surface area contributed by atoms with Gasteiger partial charge in [-0.1, -0.05) is 30.3 Å². The Bertz CT molecular complexity index is 635. The second-order valence-electron chi connectivity index (χ2n) is 4.29. The maximum atomic E-state index is 12.2. The fourth-order valence-corrected chi connectivity index (χ4v) is 2.95. The van der Waals surface area contributed by atoms with Gasteiger partial charge >= 0.3 is 0 Å². The molecule has 2 aromatic rings. The Labute approximate surface area is 113 Å². The van der Waals surface area contributed by atoms with Gasteiger partial charge in [0.05, 0.1) is 6.20 Å². The van der Waals surface area contributed by atoms with Crippen molar-refractivity contribution in [2.45, 2.75) is 31.3 Å². The Hall–Kier alpha value is -1.66. The number of hydrogen-bond acceptors (Lipinski definition) is 3. The van der Waals surface area contributed by atoms with Crippen LogP contribution in [0.25, 0.3) is 0 Å². The van der Waals surface area contributed by atoms with Crippen LogP contribution in [-0.2, 0) is 16.6 Å². The van der Waals surface area contributed by atoms with Crippen LogP contribution in [0.3, 0.4) is 0 Å². The van der Waals surface area contributed by atoms with Crippen molar-refractivity contribution in [1.29, 1.82) is 0 Å². The van der Waals surface area contributed by atoms with Crippen LogP contribution >= 0.6 is 0 Å². The van der Waals surface area contributed by atoms with E-state index in [4.69, 9.17) is 0 Å². The molecule has 0 bridgehead atoms. The summed E-state index contributed by atoms with van der Waals surface area (Å²) < 4.78 is 28.6. The third-order valence-electron chi connectivity index (χ3n) is 2.88. The second-order valence-corrected chi connectivity index (χ2v) is 6.00. The Kier molecular flexibility index (Phi) is 4.01. The topological polar surface area (TPSA) is 64.0 Å². The molecule has 0 amide bonds. The first-order valence-corrected chi connectivity index (χ1v) is 7.61. The van der Waals surface area contributed by atoms with E-state index in [0.717, 1.165) is 5.56 Å². The van der Waals surface area contributed by atoms with Crippen molar-refractivity contribution in [2.75, 3.05) is 0 Å². The van der Waals surface area contributed by atoms with Crippen molar-refractivity contribution in [2.24, 2.45) is 0 Å². The molecule has 0 aliphatic heterocycles. The van der Waals surface area contributed by atoms with Gasteiger partial charge in [0.25, 0.3) is 0 Å². The van der Waals surface area contributed by atoms with Gasteiger partial charge in [-0.05, 0) is 19.4 Å². The van der Waals surface area contributed by atoms with E-state index in [-0.39, 0.29) is 10.9 Å². The van der Waals surface area contributed by atoms with E-state index in [1.54, 1.807) is 4.68 Å². The zero-order valence-corrected chi connectivity index (χ0v) is 11.8. The molecule has 0 fully saturated rings. The van der Waals surface area contributed by atoms with Crippen molar-refractivity contribution < 1.29 is 8.42 Å². The van der Waals surface area contributed by atoms with Gasteiger partial charge in [0.15, 0.2) is 0 Å². The number of sulfonamides is 1. The fourth-order valence-electron chi connectivity index (χ4n) is 1.77. The summed E-state index contributed by atoms with van der Waals surface area (Å²) in [6.07, 6.45) is 2.89. The van der Waals surface area contributed by atoms with Crippen molar-refractivity contribution in [3.05, 3.63) is 48.3 Å². The summed E-state index contributed by atoms with van der Waals surface area (Å²) in [5.41, 5.74) is 0.925. The molecule has 1 atom stereocenters. The third-order valence-corrected chi connectivity index (χ3v) is 4.37. The Morgan fingerprint density at radius 1 is 1.32 bits per heavy atom. The summed E-state index contributed by atoms with van der Waals surface area (Å²) in [7, 11) is -3.53. The molecule has 19 heavy (non-hydrogen) atoms. The highest BCUT2D eigenvalue weighted by molar-refractivity contribution is 7.89. The molecule has 0 spiro atoms. The summed E-state index contributed by atoms with van der Waals surface area (Å²) in [5.74, 6) is 0. The fraction of sp³-hybridized carbons (Fsp3) is 0.308. The molecule has 1 aromatic heterocycles. The molecule has 0 saturated heterocycles. The summed E-state index contributed by atoms with van der Waals surface area (Å²) in [5, 5.41) is 3.98. The van der Waals surface area contributed by atoms with Gasteiger partial charge in [0.2, 0.25) is 10.0 Å². The maximum Gasteiger partial charge on any atom is 0.244 e. The predicted molar refractivity (Wildman–Crippen MR) is 73.1 cm³/mol. The molecule has 1 N–H and O–H groups in total. The lowest BCUT2D eigenvalue weighted by molar-refractivity contribution is 0.566. The van der Waals surface area contributed by atoms with Gasteiger partial charge in [-0.15, -0.1) is 0 Å². The normalized spacial score (nSPS) is 13.4. The largest absolute Gasteiger partial charge is 0.272 e. The molecule has 0 aliphatic rings. The van der Waals surface area contributed by atoms with E-state index in [1.165, 1.54) is 12.4 Å². The van der Waals surface area contributed by atoms with Crippen LogP contribution < -0.4 is 4.72 Å². The summed E-state index contributed by atoms with van der Waals surface area (Å²) >= 11 is 0. The van der Waals surface area contributed by atoms with Gasteiger partial charge in [0, 0.05) is 18.8 Å². The summed E-state index contributed by atoms with van der Waals surface area (Å²) in [4.78, 5) is 0.192. The van der Waals surface area contributed by atoms with Crippen molar-refractivity contribution in [3.8, 4) is 0 Å². The van der Waals surface area contributed by atoms with E-state index < -0.39 is 10.0 Å². The van der Waals surface area contributed by atoms with Crippen LogP contribution in [0, 0.1) is 0 Å². The number of nitrogens with one attached hydrogen (secondary N) is 1. The van der Waals surface area contributed by atoms with Gasteiger partial charge in [-0.25, -0.2) is 13.1 Å². The minimum absolute atomic E-state index is 0.192. The van der Waals surface area contributed by atoms with Crippen LogP contribution in [0.2, 0.25) is 0 Å². The van der Waals surface area contributed by atoms with E-state index in [0.29, 0.717) is 6.54 Å². The highest BCUT2D eigenvalue weighted by Gasteiger charge is 2.19. The molecule has 0 saturated carbocycles. The molecular weight excluding hydrogens is 262 g/mol. The lowest BCUT2D eigenvalue weighted by Crippen LogP contribution is -2.26. The smallest absolute Gasteiger partial charge is 0.244 e. The zero-order chi connectivity index (χ0) is 13.9. The molecule has 1 aromatic carbocycles. The predicted octanol–water partition coefficient (Wildman–Crippen LogP) is 1.94. The Balaban J connectivity index is 2.17. The van der Waals surface area contributed by atoms with Crippen LogP contribution in [0.1, 0.15) is 25.5 Å². The van der Waals surface area contributed by atoms with Crippen molar-refractivity contribution in [1.82, 2.24) is 14.5 Å². The monoisotopic (exact) mass is 279 g/mol. The van der Waals surface area contributed by atoms with E-state index in [2.05, 4.69) is 9.82 Å². The Morgan fingerprint density at radius 2 is 2.00 bits per heavy atom. The minimum atomic E-state index is -3.53. The van der Waals surface area contributed by atoms with Gasteiger partial charge in [0.1, 0.15) is 4.90 Å². The minimum Gasteiger partial charge on any atom is -0.272 e. The first kappa shape index (κ1) is 13.8. The summed E-state index contributed by atoms with van der Waals surface area (Å²) in [6.45, 7) is 4.37. The van der Waals surface area contributed by atoms with Crippen LogP contribution in [0.5, 0.6) is 0 Å². The molecule has 5 nitrogen and oxygen atoms in total. The quantitative estimate of drug-likeness (QED) is 0.909. The van der Waals surface area contributed by atoms with Crippen LogP contribution in [0.4, 0.5) is 0 Å². The molecule has 6 heteroatoms. The highest BCUT2D eigenvalue weighted by Crippen LogP contribution is 2.16. The van der Waals surface area contributed by atoms with E-state index >= 15 is 0 Å². The average Bonchev–Trinajstić information content (AvgIpc) is 2.89. The van der Waals surface area contributed by atoms with Crippen molar-refractivity contribution >= 4 is 10.0 Å². The molecule has 1 unspecified atom stereocenters. The molecular formula is C13H17N3O2S.